The summed E-state index contributed by atoms with van der Waals surface area (Å²) in [4.78, 5) is 7.89. The lowest BCUT2D eigenvalue weighted by molar-refractivity contribution is 0.453. The van der Waals surface area contributed by atoms with Crippen LogP contribution in [0.1, 0.15) is 17.4 Å². The van der Waals surface area contributed by atoms with Gasteiger partial charge in [-0.1, -0.05) is 0 Å². The van der Waals surface area contributed by atoms with Crippen LogP contribution in [0.25, 0.3) is 0 Å². The molecule has 0 radical (unpaired) electrons. The van der Waals surface area contributed by atoms with Gasteiger partial charge in [0.1, 0.15) is 12.1 Å². The fourth-order valence-electron chi connectivity index (χ4n) is 1.39. The Morgan fingerprint density at radius 2 is 2.20 bits per heavy atom. The van der Waals surface area contributed by atoms with Gasteiger partial charge in [0.2, 0.25) is 0 Å². The number of hydrazine groups is 1. The SMILES string of the molecule is NNC(Cc1ccco1)c1cncnc1. The molecule has 0 aliphatic rings. The lowest BCUT2D eigenvalue weighted by atomic mass is 10.1. The van der Waals surface area contributed by atoms with Gasteiger partial charge >= 0.3 is 0 Å². The Kier molecular flexibility index (Phi) is 3.06. The van der Waals surface area contributed by atoms with Crippen LogP contribution in [0, 0.1) is 0 Å². The van der Waals surface area contributed by atoms with E-state index in [9.17, 15) is 0 Å². The molecule has 1 atom stereocenters. The number of nitrogens with two attached hydrogens (primary N) is 1. The van der Waals surface area contributed by atoms with Gasteiger partial charge in [-0.05, 0) is 12.1 Å². The highest BCUT2D eigenvalue weighted by molar-refractivity contribution is 5.12. The van der Waals surface area contributed by atoms with E-state index in [2.05, 4.69) is 15.4 Å². The minimum Gasteiger partial charge on any atom is -0.469 e. The number of nitrogens with zero attached hydrogens (tertiary/aromatic N) is 2. The maximum absolute atomic E-state index is 5.47. The molecular formula is C10H12N4O. The molecule has 78 valence electrons. The molecule has 3 N–H and O–H groups in total. The zero-order valence-electron chi connectivity index (χ0n) is 8.13. The van der Waals surface area contributed by atoms with Crippen LogP contribution in [0.4, 0.5) is 0 Å². The average molecular weight is 204 g/mol. The lowest BCUT2D eigenvalue weighted by Gasteiger charge is -2.13. The second-order valence-electron chi connectivity index (χ2n) is 3.17. The third kappa shape index (κ3) is 2.39. The number of hydrogen-bond acceptors (Lipinski definition) is 5. The summed E-state index contributed by atoms with van der Waals surface area (Å²) in [6.07, 6.45) is 7.28. The van der Waals surface area contributed by atoms with Crippen LogP contribution in [0.3, 0.4) is 0 Å². The Bertz CT molecular complexity index is 387. The summed E-state index contributed by atoms with van der Waals surface area (Å²) in [5.41, 5.74) is 3.66. The predicted octanol–water partition coefficient (Wildman–Crippen LogP) is 0.817. The van der Waals surface area contributed by atoms with Crippen LogP contribution < -0.4 is 11.3 Å². The third-order valence-corrected chi connectivity index (χ3v) is 2.17. The van der Waals surface area contributed by atoms with Crippen LogP contribution in [0.15, 0.2) is 41.5 Å². The summed E-state index contributed by atoms with van der Waals surface area (Å²) < 4.78 is 5.25. The van der Waals surface area contributed by atoms with Crippen LogP contribution in [0.2, 0.25) is 0 Å². The largest absolute Gasteiger partial charge is 0.469 e. The topological polar surface area (TPSA) is 77.0 Å². The van der Waals surface area contributed by atoms with E-state index in [1.165, 1.54) is 6.33 Å². The Morgan fingerprint density at radius 3 is 2.80 bits per heavy atom. The molecule has 1 unspecified atom stereocenters. The normalized spacial score (nSPS) is 12.6. The zero-order chi connectivity index (χ0) is 10.5. The molecular weight excluding hydrogens is 192 g/mol. The third-order valence-electron chi connectivity index (χ3n) is 2.17. The first-order chi connectivity index (χ1) is 7.40. The minimum absolute atomic E-state index is 0.0302. The molecule has 0 aliphatic heterocycles. The van der Waals surface area contributed by atoms with Gasteiger partial charge < -0.3 is 4.42 Å². The number of furan rings is 1. The molecule has 5 nitrogen and oxygen atoms in total. The van der Waals surface area contributed by atoms with Crippen molar-refractivity contribution in [3.8, 4) is 0 Å². The van der Waals surface area contributed by atoms with Gasteiger partial charge in [-0.3, -0.25) is 11.3 Å². The molecule has 0 spiro atoms. The van der Waals surface area contributed by atoms with Gasteiger partial charge in [0.25, 0.3) is 0 Å². The number of nitrogens with one attached hydrogen (secondary N) is 1. The predicted molar refractivity (Wildman–Crippen MR) is 54.5 cm³/mol. The molecule has 0 amide bonds. The molecule has 5 heteroatoms. The number of rotatable bonds is 4. The van der Waals surface area contributed by atoms with Gasteiger partial charge in [-0.15, -0.1) is 0 Å². The lowest BCUT2D eigenvalue weighted by Crippen LogP contribution is -2.29. The first-order valence-corrected chi connectivity index (χ1v) is 4.63. The molecule has 2 aromatic rings. The van der Waals surface area contributed by atoms with E-state index in [4.69, 9.17) is 10.3 Å². The van der Waals surface area contributed by atoms with Crippen molar-refractivity contribution in [2.24, 2.45) is 5.84 Å². The van der Waals surface area contributed by atoms with E-state index in [1.54, 1.807) is 18.7 Å². The second-order valence-corrected chi connectivity index (χ2v) is 3.17. The number of hydrogen-bond donors (Lipinski definition) is 2. The van der Waals surface area contributed by atoms with Crippen LogP contribution in [-0.4, -0.2) is 9.97 Å². The van der Waals surface area contributed by atoms with E-state index < -0.39 is 0 Å². The van der Waals surface area contributed by atoms with Crippen molar-refractivity contribution in [1.82, 2.24) is 15.4 Å². The highest BCUT2D eigenvalue weighted by Crippen LogP contribution is 2.15. The van der Waals surface area contributed by atoms with Gasteiger partial charge in [-0.25, -0.2) is 9.97 Å². The molecule has 0 bridgehead atoms. The van der Waals surface area contributed by atoms with Crippen molar-refractivity contribution in [2.75, 3.05) is 0 Å². The summed E-state index contributed by atoms with van der Waals surface area (Å²) in [5.74, 6) is 6.35. The fourth-order valence-corrected chi connectivity index (χ4v) is 1.39. The van der Waals surface area contributed by atoms with Crippen LogP contribution >= 0.6 is 0 Å². The van der Waals surface area contributed by atoms with Gasteiger partial charge in [-0.2, -0.15) is 0 Å². The van der Waals surface area contributed by atoms with Crippen molar-refractivity contribution >= 4 is 0 Å². The van der Waals surface area contributed by atoms with E-state index >= 15 is 0 Å². The molecule has 2 rings (SSSR count). The average Bonchev–Trinajstić information content (AvgIpc) is 2.80. The maximum Gasteiger partial charge on any atom is 0.115 e. The van der Waals surface area contributed by atoms with Gasteiger partial charge in [0.15, 0.2) is 0 Å². The van der Waals surface area contributed by atoms with E-state index in [-0.39, 0.29) is 6.04 Å². The van der Waals surface area contributed by atoms with E-state index in [0.29, 0.717) is 6.42 Å². The first-order valence-electron chi connectivity index (χ1n) is 4.63. The maximum atomic E-state index is 5.47. The molecule has 15 heavy (non-hydrogen) atoms. The molecule has 0 saturated carbocycles. The Balaban J connectivity index is 2.12. The van der Waals surface area contributed by atoms with Crippen molar-refractivity contribution in [3.05, 3.63) is 48.4 Å². The van der Waals surface area contributed by atoms with Gasteiger partial charge in [0, 0.05) is 24.4 Å². The smallest absolute Gasteiger partial charge is 0.115 e. The summed E-state index contributed by atoms with van der Waals surface area (Å²) >= 11 is 0. The summed E-state index contributed by atoms with van der Waals surface area (Å²) in [6.45, 7) is 0. The van der Waals surface area contributed by atoms with Crippen LogP contribution in [-0.2, 0) is 6.42 Å². The summed E-state index contributed by atoms with van der Waals surface area (Å²) in [5, 5.41) is 0. The van der Waals surface area contributed by atoms with Crippen molar-refractivity contribution < 1.29 is 4.42 Å². The minimum atomic E-state index is -0.0302. The highest BCUT2D eigenvalue weighted by Gasteiger charge is 2.12. The zero-order valence-corrected chi connectivity index (χ0v) is 8.13. The molecule has 0 saturated heterocycles. The molecule has 0 aliphatic carbocycles. The summed E-state index contributed by atoms with van der Waals surface area (Å²) in [6, 6.07) is 3.73. The van der Waals surface area contributed by atoms with Crippen LogP contribution in [0.5, 0.6) is 0 Å². The molecule has 2 aromatic heterocycles. The van der Waals surface area contributed by atoms with Gasteiger partial charge in [0.05, 0.1) is 12.3 Å². The van der Waals surface area contributed by atoms with Crippen molar-refractivity contribution in [3.63, 3.8) is 0 Å². The first kappa shape index (κ1) is 9.82. The second kappa shape index (κ2) is 4.68. The number of aromatic nitrogens is 2. The van der Waals surface area contributed by atoms with Crippen molar-refractivity contribution in [2.45, 2.75) is 12.5 Å². The Morgan fingerprint density at radius 1 is 1.40 bits per heavy atom. The fraction of sp³-hybridized carbons (Fsp3) is 0.200. The Hall–Kier alpha value is -1.72. The van der Waals surface area contributed by atoms with Crippen molar-refractivity contribution in [1.29, 1.82) is 0 Å². The monoisotopic (exact) mass is 204 g/mol. The van der Waals surface area contributed by atoms with E-state index in [0.717, 1.165) is 11.3 Å². The Labute approximate surface area is 87.3 Å². The highest BCUT2D eigenvalue weighted by atomic mass is 16.3. The standard InChI is InChI=1S/C10H12N4O/c11-14-10(4-9-2-1-3-15-9)8-5-12-7-13-6-8/h1-3,5-7,10,14H,4,11H2. The van der Waals surface area contributed by atoms with E-state index in [1.807, 2.05) is 12.1 Å². The molecule has 2 heterocycles. The quantitative estimate of drug-likeness (QED) is 0.569. The molecule has 0 aromatic carbocycles. The summed E-state index contributed by atoms with van der Waals surface area (Å²) in [7, 11) is 0. The molecule has 0 fully saturated rings.